The lowest BCUT2D eigenvalue weighted by molar-refractivity contribution is 0.0504. The molecule has 0 saturated carbocycles. The second kappa shape index (κ2) is 9.69. The number of nitrogens with one attached hydrogen (secondary N) is 1. The van der Waals surface area contributed by atoms with E-state index in [4.69, 9.17) is 9.47 Å². The molecule has 0 saturated heterocycles. The van der Waals surface area contributed by atoms with E-state index >= 15 is 0 Å². The normalized spacial score (nSPS) is 11.2. The summed E-state index contributed by atoms with van der Waals surface area (Å²) in [4.78, 5) is 16.0. The topological polar surface area (TPSA) is 60.5 Å². The van der Waals surface area contributed by atoms with Crippen LogP contribution in [0.25, 0.3) is 0 Å². The third-order valence-corrected chi connectivity index (χ3v) is 4.89. The number of carbonyl (C=O) groups excluding carboxylic acids is 1. The number of amides is 1. The lowest BCUT2D eigenvalue weighted by Crippen LogP contribution is -2.26. The van der Waals surface area contributed by atoms with E-state index in [0.29, 0.717) is 12.1 Å². The zero-order valence-corrected chi connectivity index (χ0v) is 17.0. The summed E-state index contributed by atoms with van der Waals surface area (Å²) in [6, 6.07) is 9.64. The maximum atomic E-state index is 12.0. The van der Waals surface area contributed by atoms with Crippen LogP contribution in [0.3, 0.4) is 0 Å². The minimum atomic E-state index is -0.0881. The van der Waals surface area contributed by atoms with Gasteiger partial charge in [0, 0.05) is 26.0 Å². The van der Waals surface area contributed by atoms with Crippen LogP contribution < -0.4 is 10.1 Å². The van der Waals surface area contributed by atoms with Crippen molar-refractivity contribution in [2.45, 2.75) is 32.1 Å². The molecular formula is C20H25BrN2O3. The number of carbonyl (C=O) groups is 1. The van der Waals surface area contributed by atoms with Crippen LogP contribution in [0, 0.1) is 0 Å². The van der Waals surface area contributed by atoms with Crippen LogP contribution in [0.4, 0.5) is 0 Å². The molecule has 0 bridgehead atoms. The third kappa shape index (κ3) is 5.81. The van der Waals surface area contributed by atoms with Gasteiger partial charge in [-0.3, -0.25) is 9.78 Å². The van der Waals surface area contributed by atoms with Crippen molar-refractivity contribution in [1.29, 1.82) is 0 Å². The Bertz CT molecular complexity index is 720. The number of ether oxygens (including phenoxy) is 2. The van der Waals surface area contributed by atoms with Crippen molar-refractivity contribution in [3.8, 4) is 5.75 Å². The average Bonchev–Trinajstić information content (AvgIpc) is 2.65. The molecular weight excluding hydrogens is 396 g/mol. The predicted molar refractivity (Wildman–Crippen MR) is 105 cm³/mol. The fourth-order valence-corrected chi connectivity index (χ4v) is 2.99. The van der Waals surface area contributed by atoms with E-state index in [9.17, 15) is 4.79 Å². The first-order valence-corrected chi connectivity index (χ1v) is 9.33. The van der Waals surface area contributed by atoms with Crippen LogP contribution in [-0.2, 0) is 10.2 Å². The van der Waals surface area contributed by atoms with Crippen molar-refractivity contribution < 1.29 is 14.3 Å². The Morgan fingerprint density at radius 2 is 2.12 bits per heavy atom. The van der Waals surface area contributed by atoms with Crippen LogP contribution in [0.1, 0.15) is 42.6 Å². The van der Waals surface area contributed by atoms with Gasteiger partial charge in [-0.1, -0.05) is 19.9 Å². The molecule has 1 amide bonds. The zero-order valence-electron chi connectivity index (χ0n) is 15.4. The van der Waals surface area contributed by atoms with Crippen molar-refractivity contribution in [2.75, 3.05) is 20.4 Å². The minimum absolute atomic E-state index is 0.0368. The fourth-order valence-electron chi connectivity index (χ4n) is 2.63. The van der Waals surface area contributed by atoms with Crippen LogP contribution in [0.2, 0.25) is 0 Å². The van der Waals surface area contributed by atoms with E-state index in [1.54, 1.807) is 31.6 Å². The summed E-state index contributed by atoms with van der Waals surface area (Å²) in [6.45, 7) is 5.22. The van der Waals surface area contributed by atoms with Gasteiger partial charge in [0.25, 0.3) is 5.91 Å². The van der Waals surface area contributed by atoms with E-state index in [0.717, 1.165) is 23.1 Å². The molecule has 0 aliphatic carbocycles. The molecule has 0 aliphatic rings. The molecule has 0 radical (unpaired) electrons. The molecule has 1 aromatic carbocycles. The summed E-state index contributed by atoms with van der Waals surface area (Å²) in [5, 5.41) is 2.94. The van der Waals surface area contributed by atoms with E-state index in [1.807, 2.05) is 12.1 Å². The SMILES string of the molecule is COCOc1cc(C(C)(C)CCCNC(=O)c2cccnc2)ccc1Br. The molecule has 0 unspecified atom stereocenters. The van der Waals surface area contributed by atoms with Gasteiger partial charge in [0.2, 0.25) is 0 Å². The molecule has 6 heteroatoms. The lowest BCUT2D eigenvalue weighted by atomic mass is 9.80. The number of methoxy groups -OCH3 is 1. The van der Waals surface area contributed by atoms with Gasteiger partial charge in [-0.2, -0.15) is 0 Å². The minimum Gasteiger partial charge on any atom is -0.466 e. The summed E-state index contributed by atoms with van der Waals surface area (Å²) in [7, 11) is 1.60. The average molecular weight is 421 g/mol. The highest BCUT2D eigenvalue weighted by atomic mass is 79.9. The Labute approximate surface area is 163 Å². The van der Waals surface area contributed by atoms with Gasteiger partial charge in [0.05, 0.1) is 10.0 Å². The monoisotopic (exact) mass is 420 g/mol. The predicted octanol–water partition coefficient (Wildman–Crippen LogP) is 4.31. The molecule has 1 heterocycles. The van der Waals surface area contributed by atoms with Crippen molar-refractivity contribution in [3.63, 3.8) is 0 Å². The molecule has 140 valence electrons. The van der Waals surface area contributed by atoms with Gasteiger partial charge >= 0.3 is 0 Å². The van der Waals surface area contributed by atoms with Crippen LogP contribution in [-0.4, -0.2) is 31.3 Å². The van der Waals surface area contributed by atoms with Crippen molar-refractivity contribution in [2.24, 2.45) is 0 Å². The van der Waals surface area contributed by atoms with Crippen molar-refractivity contribution in [1.82, 2.24) is 10.3 Å². The van der Waals surface area contributed by atoms with Crippen molar-refractivity contribution in [3.05, 3.63) is 58.3 Å². The number of aromatic nitrogens is 1. The maximum Gasteiger partial charge on any atom is 0.252 e. The van der Waals surface area contributed by atoms with Gasteiger partial charge in [0.1, 0.15) is 5.75 Å². The van der Waals surface area contributed by atoms with Crippen LogP contribution >= 0.6 is 15.9 Å². The van der Waals surface area contributed by atoms with E-state index in [2.05, 4.69) is 46.1 Å². The highest BCUT2D eigenvalue weighted by Gasteiger charge is 2.21. The Balaban J connectivity index is 1.89. The number of hydrogen-bond donors (Lipinski definition) is 1. The van der Waals surface area contributed by atoms with Crippen LogP contribution in [0.5, 0.6) is 5.75 Å². The van der Waals surface area contributed by atoms with Gasteiger partial charge in [-0.15, -0.1) is 0 Å². The first kappa shape index (κ1) is 20.4. The summed E-state index contributed by atoms with van der Waals surface area (Å²) in [6.07, 6.45) is 5.04. The molecule has 1 aromatic heterocycles. The Morgan fingerprint density at radius 1 is 1.31 bits per heavy atom. The van der Waals surface area contributed by atoms with Crippen molar-refractivity contribution >= 4 is 21.8 Å². The quantitative estimate of drug-likeness (QED) is 0.484. The standard InChI is InChI=1S/C20H25BrN2O3/c1-20(2,16-7-8-17(21)18(12-16)26-14-25-3)9-5-11-23-19(24)15-6-4-10-22-13-15/h4,6-8,10,12-13H,5,9,11,14H2,1-3H3,(H,23,24). The third-order valence-electron chi connectivity index (χ3n) is 4.23. The fraction of sp³-hybridized carbons (Fsp3) is 0.400. The molecule has 1 N–H and O–H groups in total. The smallest absolute Gasteiger partial charge is 0.252 e. The van der Waals surface area contributed by atoms with E-state index in [-0.39, 0.29) is 18.1 Å². The Hall–Kier alpha value is -1.92. The summed E-state index contributed by atoms with van der Waals surface area (Å²) < 4.78 is 11.5. The molecule has 5 nitrogen and oxygen atoms in total. The lowest BCUT2D eigenvalue weighted by Gasteiger charge is -2.26. The number of benzene rings is 1. The largest absolute Gasteiger partial charge is 0.466 e. The van der Waals surface area contributed by atoms with Crippen LogP contribution in [0.15, 0.2) is 47.2 Å². The number of hydrogen-bond acceptors (Lipinski definition) is 4. The Morgan fingerprint density at radius 3 is 2.81 bits per heavy atom. The maximum absolute atomic E-state index is 12.0. The molecule has 0 atom stereocenters. The number of rotatable bonds is 9. The molecule has 26 heavy (non-hydrogen) atoms. The Kier molecular flexibility index (Phi) is 7.60. The highest BCUT2D eigenvalue weighted by molar-refractivity contribution is 9.10. The number of nitrogens with zero attached hydrogens (tertiary/aromatic N) is 1. The number of halogens is 1. The number of pyridine rings is 1. The molecule has 2 aromatic rings. The second-order valence-corrected chi connectivity index (χ2v) is 7.54. The molecule has 2 rings (SSSR count). The second-order valence-electron chi connectivity index (χ2n) is 6.68. The molecule has 0 fully saturated rings. The van der Waals surface area contributed by atoms with Gasteiger partial charge in [-0.25, -0.2) is 0 Å². The van der Waals surface area contributed by atoms with Gasteiger partial charge in [0.15, 0.2) is 6.79 Å². The first-order chi connectivity index (χ1) is 12.4. The molecule has 0 spiro atoms. The van der Waals surface area contributed by atoms with E-state index < -0.39 is 0 Å². The first-order valence-electron chi connectivity index (χ1n) is 8.54. The van der Waals surface area contributed by atoms with E-state index in [1.165, 1.54) is 5.56 Å². The van der Waals surface area contributed by atoms with Gasteiger partial charge in [-0.05, 0) is 64.0 Å². The zero-order chi connectivity index (χ0) is 19.0. The molecule has 0 aliphatic heterocycles. The summed E-state index contributed by atoms with van der Waals surface area (Å²) >= 11 is 3.50. The summed E-state index contributed by atoms with van der Waals surface area (Å²) in [5.41, 5.74) is 1.73. The summed E-state index contributed by atoms with van der Waals surface area (Å²) in [5.74, 6) is 0.678. The highest BCUT2D eigenvalue weighted by Crippen LogP contribution is 2.34. The van der Waals surface area contributed by atoms with Gasteiger partial charge < -0.3 is 14.8 Å².